The molecule has 0 radical (unpaired) electrons. The van der Waals surface area contributed by atoms with Gasteiger partial charge in [-0.05, 0) is 37.3 Å². The predicted molar refractivity (Wildman–Crippen MR) is 105 cm³/mol. The van der Waals surface area contributed by atoms with Gasteiger partial charge in [0, 0.05) is 17.8 Å². The standard InChI is InChI=1S/C19H15F2N5O3S/c1-11-9-22-18-6-4-15(24-26(11)18)12-7-16(19(29-2)23-10-12)25-30(27,28)17-5-3-13(20)8-14(17)21/h3-10,25H,1-2H3. The average Bonchev–Trinajstić information content (AvgIpc) is 3.07. The Labute approximate surface area is 170 Å². The van der Waals surface area contributed by atoms with Crippen LogP contribution in [-0.2, 0) is 10.0 Å². The third-order valence-electron chi connectivity index (χ3n) is 4.30. The Bertz CT molecular complexity index is 1370. The van der Waals surface area contributed by atoms with Crippen molar-refractivity contribution in [3.63, 3.8) is 0 Å². The fourth-order valence-corrected chi connectivity index (χ4v) is 3.97. The Morgan fingerprint density at radius 2 is 1.87 bits per heavy atom. The molecule has 0 aliphatic heterocycles. The highest BCUT2D eigenvalue weighted by molar-refractivity contribution is 7.92. The van der Waals surface area contributed by atoms with Crippen LogP contribution in [0, 0.1) is 18.6 Å². The van der Waals surface area contributed by atoms with Gasteiger partial charge in [0.05, 0.1) is 24.7 Å². The van der Waals surface area contributed by atoms with Crippen LogP contribution in [0.3, 0.4) is 0 Å². The molecule has 0 saturated heterocycles. The maximum absolute atomic E-state index is 14.0. The van der Waals surface area contributed by atoms with Crippen molar-refractivity contribution in [1.29, 1.82) is 0 Å². The lowest BCUT2D eigenvalue weighted by Gasteiger charge is -2.13. The Hall–Kier alpha value is -3.60. The largest absolute Gasteiger partial charge is 0.480 e. The first-order valence-corrected chi connectivity index (χ1v) is 10.1. The van der Waals surface area contributed by atoms with Crippen LogP contribution in [0.15, 0.2) is 53.7 Å². The molecule has 1 N–H and O–H groups in total. The smallest absolute Gasteiger partial charge is 0.264 e. The van der Waals surface area contributed by atoms with Gasteiger partial charge < -0.3 is 4.74 Å². The number of methoxy groups -OCH3 is 1. The monoisotopic (exact) mass is 431 g/mol. The Balaban J connectivity index is 1.76. The van der Waals surface area contributed by atoms with Crippen molar-refractivity contribution in [2.75, 3.05) is 11.8 Å². The quantitative estimate of drug-likeness (QED) is 0.521. The van der Waals surface area contributed by atoms with Crippen LogP contribution in [0.4, 0.5) is 14.5 Å². The summed E-state index contributed by atoms with van der Waals surface area (Å²) in [5, 5.41) is 4.47. The summed E-state index contributed by atoms with van der Waals surface area (Å²) in [6.45, 7) is 1.85. The number of nitrogens with zero attached hydrogens (tertiary/aromatic N) is 4. The van der Waals surface area contributed by atoms with E-state index in [0.29, 0.717) is 23.0 Å². The molecule has 3 aromatic heterocycles. The van der Waals surface area contributed by atoms with E-state index in [9.17, 15) is 17.2 Å². The molecule has 8 nitrogen and oxygen atoms in total. The number of ether oxygens (including phenoxy) is 1. The summed E-state index contributed by atoms with van der Waals surface area (Å²) in [6.07, 6.45) is 3.14. The summed E-state index contributed by atoms with van der Waals surface area (Å²) in [5.41, 5.74) is 2.45. The van der Waals surface area contributed by atoms with Gasteiger partial charge >= 0.3 is 0 Å². The maximum atomic E-state index is 14.0. The number of sulfonamides is 1. The summed E-state index contributed by atoms with van der Waals surface area (Å²) >= 11 is 0. The minimum absolute atomic E-state index is 0.0234. The van der Waals surface area contributed by atoms with E-state index in [1.807, 2.05) is 6.92 Å². The average molecular weight is 431 g/mol. The molecule has 0 bridgehead atoms. The molecule has 0 fully saturated rings. The third kappa shape index (κ3) is 3.54. The Morgan fingerprint density at radius 3 is 2.60 bits per heavy atom. The molecule has 0 amide bonds. The molecule has 154 valence electrons. The lowest BCUT2D eigenvalue weighted by molar-refractivity contribution is 0.400. The molecule has 11 heteroatoms. The molecule has 0 saturated carbocycles. The summed E-state index contributed by atoms with van der Waals surface area (Å²) in [6, 6.07) is 7.13. The highest BCUT2D eigenvalue weighted by atomic mass is 32.2. The van der Waals surface area contributed by atoms with Crippen molar-refractivity contribution in [1.82, 2.24) is 19.6 Å². The number of aryl methyl sites for hydroxylation is 1. The number of nitrogens with one attached hydrogen (secondary N) is 1. The zero-order chi connectivity index (χ0) is 21.5. The summed E-state index contributed by atoms with van der Waals surface area (Å²) in [7, 11) is -3.06. The number of anilines is 1. The van der Waals surface area contributed by atoms with Crippen molar-refractivity contribution >= 4 is 21.4 Å². The van der Waals surface area contributed by atoms with E-state index in [1.54, 1.807) is 22.8 Å². The predicted octanol–water partition coefficient (Wildman–Crippen LogP) is 3.19. The molecule has 1 aromatic carbocycles. The van der Waals surface area contributed by atoms with Crippen LogP contribution in [0.5, 0.6) is 5.88 Å². The fraction of sp³-hybridized carbons (Fsp3) is 0.105. The topological polar surface area (TPSA) is 98.5 Å². The van der Waals surface area contributed by atoms with Gasteiger partial charge in [0.1, 0.15) is 22.2 Å². The first-order valence-electron chi connectivity index (χ1n) is 8.62. The molecule has 4 rings (SSSR count). The van der Waals surface area contributed by atoms with Crippen LogP contribution in [0.2, 0.25) is 0 Å². The lowest BCUT2D eigenvalue weighted by Crippen LogP contribution is -2.16. The van der Waals surface area contributed by atoms with Gasteiger partial charge in [0.25, 0.3) is 10.0 Å². The van der Waals surface area contributed by atoms with Crippen LogP contribution in [0.1, 0.15) is 5.69 Å². The van der Waals surface area contributed by atoms with Gasteiger partial charge in [-0.3, -0.25) is 4.72 Å². The molecule has 0 aliphatic rings. The molecule has 3 heterocycles. The SMILES string of the molecule is COc1ncc(-c2ccc3ncc(C)n3n2)cc1NS(=O)(=O)c1ccc(F)cc1F. The number of rotatable bonds is 5. The second-order valence-corrected chi connectivity index (χ2v) is 8.00. The first-order chi connectivity index (χ1) is 14.3. The molecule has 4 aromatic rings. The second kappa shape index (κ2) is 7.34. The molecule has 0 aliphatic carbocycles. The highest BCUT2D eigenvalue weighted by Crippen LogP contribution is 2.30. The summed E-state index contributed by atoms with van der Waals surface area (Å²) in [4.78, 5) is 7.61. The zero-order valence-corrected chi connectivity index (χ0v) is 16.6. The van der Waals surface area contributed by atoms with E-state index in [2.05, 4.69) is 19.8 Å². The second-order valence-electron chi connectivity index (χ2n) is 6.35. The lowest BCUT2D eigenvalue weighted by atomic mass is 10.2. The number of halogens is 2. The Kier molecular flexibility index (Phi) is 4.82. The van der Waals surface area contributed by atoms with E-state index in [0.717, 1.165) is 17.8 Å². The molecular weight excluding hydrogens is 416 g/mol. The first kappa shape index (κ1) is 19.7. The van der Waals surface area contributed by atoms with Gasteiger partial charge in [0.15, 0.2) is 5.65 Å². The number of pyridine rings is 1. The van der Waals surface area contributed by atoms with Crippen molar-refractivity contribution in [2.24, 2.45) is 0 Å². The fourth-order valence-electron chi connectivity index (χ4n) is 2.86. The summed E-state index contributed by atoms with van der Waals surface area (Å²) < 4.78 is 61.4. The maximum Gasteiger partial charge on any atom is 0.264 e. The van der Waals surface area contributed by atoms with Gasteiger partial charge in [0.2, 0.25) is 5.88 Å². The van der Waals surface area contributed by atoms with Crippen LogP contribution >= 0.6 is 0 Å². The highest BCUT2D eigenvalue weighted by Gasteiger charge is 2.22. The number of fused-ring (bicyclic) bond motifs is 1. The van der Waals surface area contributed by atoms with Gasteiger partial charge in [-0.1, -0.05) is 0 Å². The third-order valence-corrected chi connectivity index (χ3v) is 5.70. The molecular formula is C19H15F2N5O3S. The van der Waals surface area contributed by atoms with Crippen LogP contribution < -0.4 is 9.46 Å². The van der Waals surface area contributed by atoms with Crippen molar-refractivity contribution in [3.8, 4) is 17.1 Å². The number of hydrogen-bond donors (Lipinski definition) is 1. The number of hydrogen-bond acceptors (Lipinski definition) is 6. The molecule has 30 heavy (non-hydrogen) atoms. The van der Waals surface area contributed by atoms with Gasteiger partial charge in [-0.15, -0.1) is 0 Å². The van der Waals surface area contributed by atoms with Gasteiger partial charge in [-0.2, -0.15) is 5.10 Å². The minimum atomic E-state index is -4.37. The summed E-state index contributed by atoms with van der Waals surface area (Å²) in [5.74, 6) is -2.12. The van der Waals surface area contributed by atoms with E-state index in [4.69, 9.17) is 4.74 Å². The molecule has 0 unspecified atom stereocenters. The number of benzene rings is 1. The zero-order valence-electron chi connectivity index (χ0n) is 15.8. The van der Waals surface area contributed by atoms with Gasteiger partial charge in [-0.25, -0.2) is 31.7 Å². The van der Waals surface area contributed by atoms with E-state index in [1.165, 1.54) is 19.4 Å². The van der Waals surface area contributed by atoms with E-state index < -0.39 is 26.6 Å². The normalized spacial score (nSPS) is 11.6. The van der Waals surface area contributed by atoms with Crippen molar-refractivity contribution in [3.05, 3.63) is 66.1 Å². The van der Waals surface area contributed by atoms with E-state index in [-0.39, 0.29) is 11.6 Å². The molecule has 0 spiro atoms. The van der Waals surface area contributed by atoms with Crippen LogP contribution in [0.25, 0.3) is 16.9 Å². The minimum Gasteiger partial charge on any atom is -0.480 e. The van der Waals surface area contributed by atoms with Crippen molar-refractivity contribution in [2.45, 2.75) is 11.8 Å². The Morgan fingerprint density at radius 1 is 1.07 bits per heavy atom. The van der Waals surface area contributed by atoms with Crippen molar-refractivity contribution < 1.29 is 21.9 Å². The van der Waals surface area contributed by atoms with Crippen LogP contribution in [-0.4, -0.2) is 35.1 Å². The number of aromatic nitrogens is 4. The molecule has 0 atom stereocenters. The number of imidazole rings is 1. The van der Waals surface area contributed by atoms with E-state index >= 15 is 0 Å².